The van der Waals surface area contributed by atoms with Gasteiger partial charge in [-0.25, -0.2) is 8.78 Å². The SMILES string of the molecule is CN=CC(=CN)c1cc2c(cc1C(F)F)N(C(=N)C1=C(NC3CCN(Cc4ccc(CNc5cccc6c5CN(C(C=O)CCC(N)=O)C6=O)nc4)CC3)CCN(C(C)=O)C1)CCC2. The molecule has 7 rings (SSSR count). The van der Waals surface area contributed by atoms with E-state index in [1.165, 1.54) is 30.3 Å². The van der Waals surface area contributed by atoms with E-state index < -0.39 is 18.4 Å². The third-order valence-corrected chi connectivity index (χ3v) is 12.7. The molecular formula is C47H57F2N11O4. The lowest BCUT2D eigenvalue weighted by molar-refractivity contribution is -0.128. The Balaban J connectivity index is 0.968. The van der Waals surface area contributed by atoms with Gasteiger partial charge in [-0.1, -0.05) is 12.1 Å². The lowest BCUT2D eigenvalue weighted by atomic mass is 9.91. The number of allylic oxidation sites excluding steroid dienone is 1. The number of carbonyl (C=O) groups excluding carboxylic acids is 4. The minimum atomic E-state index is -2.76. The number of nitrogens with two attached hydrogens (primary N) is 2. The number of hydrogen-bond donors (Lipinski definition) is 5. The normalized spacial score (nSPS) is 17.8. The zero-order chi connectivity index (χ0) is 45.5. The van der Waals surface area contributed by atoms with Crippen molar-refractivity contribution in [2.24, 2.45) is 16.5 Å². The van der Waals surface area contributed by atoms with Crippen LogP contribution in [0.4, 0.5) is 20.2 Å². The first kappa shape index (κ1) is 45.5. The lowest BCUT2D eigenvalue weighted by Crippen LogP contribution is -2.47. The van der Waals surface area contributed by atoms with Gasteiger partial charge in [0.05, 0.1) is 24.8 Å². The molecule has 0 spiro atoms. The average molecular weight is 878 g/mol. The summed E-state index contributed by atoms with van der Waals surface area (Å²) in [6.45, 7) is 5.94. The molecule has 4 aliphatic rings. The molecule has 1 fully saturated rings. The van der Waals surface area contributed by atoms with Crippen molar-refractivity contribution >= 4 is 53.0 Å². The van der Waals surface area contributed by atoms with Gasteiger partial charge in [0.25, 0.3) is 12.3 Å². The molecule has 0 saturated carbocycles. The minimum Gasteiger partial charge on any atom is -0.404 e. The van der Waals surface area contributed by atoms with Crippen LogP contribution in [0.1, 0.15) is 95.7 Å². The third kappa shape index (κ3) is 10.1. The second-order valence-electron chi connectivity index (χ2n) is 16.8. The van der Waals surface area contributed by atoms with Crippen LogP contribution < -0.4 is 27.0 Å². The molecule has 2 aromatic carbocycles. The number of aliphatic imine (C=N–C) groups is 1. The molecule has 64 heavy (non-hydrogen) atoms. The fourth-order valence-corrected chi connectivity index (χ4v) is 9.18. The van der Waals surface area contributed by atoms with E-state index in [-0.39, 0.29) is 55.2 Å². The summed E-state index contributed by atoms with van der Waals surface area (Å²) in [5.74, 6) is -0.629. The van der Waals surface area contributed by atoms with E-state index in [1.807, 2.05) is 23.2 Å². The summed E-state index contributed by atoms with van der Waals surface area (Å²) in [5.41, 5.74) is 18.8. The highest BCUT2D eigenvalue weighted by atomic mass is 19.3. The van der Waals surface area contributed by atoms with Gasteiger partial charge in [-0.05, 0) is 79.1 Å². The number of aromatic nitrogens is 1. The Morgan fingerprint density at radius 1 is 1.08 bits per heavy atom. The molecule has 1 atom stereocenters. The highest BCUT2D eigenvalue weighted by Crippen LogP contribution is 2.38. The Morgan fingerprint density at radius 2 is 1.88 bits per heavy atom. The van der Waals surface area contributed by atoms with Crippen LogP contribution in [0.3, 0.4) is 0 Å². The zero-order valence-corrected chi connectivity index (χ0v) is 36.4. The van der Waals surface area contributed by atoms with Gasteiger partial charge in [0.1, 0.15) is 12.1 Å². The molecule has 0 aliphatic carbocycles. The van der Waals surface area contributed by atoms with Crippen LogP contribution in [0.25, 0.3) is 5.57 Å². The highest BCUT2D eigenvalue weighted by Gasteiger charge is 2.35. The predicted molar refractivity (Wildman–Crippen MR) is 243 cm³/mol. The topological polar surface area (TPSA) is 206 Å². The molecule has 338 valence electrons. The fourth-order valence-electron chi connectivity index (χ4n) is 9.18. The molecule has 15 nitrogen and oxygen atoms in total. The summed E-state index contributed by atoms with van der Waals surface area (Å²) in [7, 11) is 1.56. The fraction of sp³-hybridized carbons (Fsp3) is 0.426. The van der Waals surface area contributed by atoms with Crippen molar-refractivity contribution in [3.05, 3.63) is 105 Å². The van der Waals surface area contributed by atoms with Crippen LogP contribution in [-0.4, -0.2) is 108 Å². The number of likely N-dealkylation sites (tertiary alicyclic amines) is 1. The van der Waals surface area contributed by atoms with E-state index in [1.54, 1.807) is 30.1 Å². The first-order valence-corrected chi connectivity index (χ1v) is 21.8. The number of hydrogen-bond acceptors (Lipinski definition) is 11. The molecule has 7 N–H and O–H groups in total. The number of amides is 3. The van der Waals surface area contributed by atoms with Crippen molar-refractivity contribution in [1.82, 2.24) is 25.0 Å². The van der Waals surface area contributed by atoms with E-state index in [4.69, 9.17) is 16.5 Å². The smallest absolute Gasteiger partial charge is 0.264 e. The molecule has 1 saturated heterocycles. The molecule has 0 bridgehead atoms. The maximum absolute atomic E-state index is 14.6. The van der Waals surface area contributed by atoms with Crippen LogP contribution >= 0.6 is 0 Å². The quantitative estimate of drug-likeness (QED) is 0.0747. The minimum absolute atomic E-state index is 0.0165. The lowest BCUT2D eigenvalue weighted by Gasteiger charge is -2.39. The van der Waals surface area contributed by atoms with Crippen molar-refractivity contribution in [2.75, 3.05) is 50.0 Å². The van der Waals surface area contributed by atoms with Gasteiger partial charge in [-0.2, -0.15) is 0 Å². The summed E-state index contributed by atoms with van der Waals surface area (Å²) >= 11 is 0. The summed E-state index contributed by atoms with van der Waals surface area (Å²) in [5, 5.41) is 16.7. The number of benzene rings is 2. The molecule has 1 aromatic heterocycles. The van der Waals surface area contributed by atoms with E-state index >= 15 is 0 Å². The monoisotopic (exact) mass is 877 g/mol. The number of halogens is 2. The second-order valence-corrected chi connectivity index (χ2v) is 16.8. The molecule has 3 amide bonds. The Bertz CT molecular complexity index is 2360. The maximum atomic E-state index is 14.6. The largest absolute Gasteiger partial charge is 0.404 e. The van der Waals surface area contributed by atoms with Gasteiger partial charge in [0.15, 0.2) is 0 Å². The van der Waals surface area contributed by atoms with E-state index in [0.717, 1.165) is 72.7 Å². The summed E-state index contributed by atoms with van der Waals surface area (Å²) in [6.07, 6.45) is 6.49. The van der Waals surface area contributed by atoms with Crippen LogP contribution in [0, 0.1) is 5.41 Å². The molecule has 3 aromatic rings. The van der Waals surface area contributed by atoms with E-state index in [9.17, 15) is 33.4 Å². The van der Waals surface area contributed by atoms with Crippen molar-refractivity contribution in [1.29, 1.82) is 5.41 Å². The van der Waals surface area contributed by atoms with Crippen molar-refractivity contribution in [3.63, 3.8) is 0 Å². The molecule has 4 aliphatic heterocycles. The van der Waals surface area contributed by atoms with Crippen LogP contribution in [-0.2, 0) is 40.4 Å². The number of amidine groups is 1. The Kier molecular flexibility index (Phi) is 14.5. The Hall–Kier alpha value is -6.49. The number of pyridine rings is 1. The number of aryl methyl sites for hydroxylation is 1. The summed E-state index contributed by atoms with van der Waals surface area (Å²) in [4.78, 5) is 65.0. The standard InChI is InChI=1S/C47H57F2N11O4/c1-29(62)58-18-14-42(40(26-58)46(52)59-15-4-5-31-19-37(32(21-50)23-53-2)38(45(48)49)20-43(31)59)56-33-12-16-57(17-13-33)25-30-8-9-34(54-22-30)24-55-41-7-3-6-36-39(41)27-60(47(36)64)35(28-61)10-11-44(51)63/h3,6-9,19-23,28,33,35,45,52,55-56H,4-5,10-18,24-27,50H2,1-2H3,(H2,51,63). The number of anilines is 2. The van der Waals surface area contributed by atoms with Gasteiger partial charge in [-0.3, -0.25) is 34.7 Å². The average Bonchev–Trinajstić information content (AvgIpc) is 3.63. The Morgan fingerprint density at radius 3 is 2.55 bits per heavy atom. The molecular weight excluding hydrogens is 821 g/mol. The van der Waals surface area contributed by atoms with Crippen LogP contribution in [0.15, 0.2) is 71.1 Å². The number of alkyl halides is 2. The number of rotatable bonds is 16. The van der Waals surface area contributed by atoms with Gasteiger partial charge in [0, 0.05) is 136 Å². The molecule has 0 radical (unpaired) electrons. The van der Waals surface area contributed by atoms with Crippen molar-refractivity contribution in [3.8, 4) is 0 Å². The highest BCUT2D eigenvalue weighted by molar-refractivity contribution is 6.12. The van der Waals surface area contributed by atoms with Gasteiger partial charge in [-0.15, -0.1) is 0 Å². The Labute approximate surface area is 372 Å². The molecule has 5 heterocycles. The van der Waals surface area contributed by atoms with E-state index in [2.05, 4.69) is 26.6 Å². The van der Waals surface area contributed by atoms with Gasteiger partial charge >= 0.3 is 0 Å². The van der Waals surface area contributed by atoms with Crippen LogP contribution in [0.5, 0.6) is 0 Å². The second kappa shape index (κ2) is 20.3. The maximum Gasteiger partial charge on any atom is 0.264 e. The first-order valence-electron chi connectivity index (χ1n) is 21.8. The van der Waals surface area contributed by atoms with Crippen LogP contribution in [0.2, 0.25) is 0 Å². The molecule has 17 heteroatoms. The number of nitrogens with one attached hydrogen (secondary N) is 3. The van der Waals surface area contributed by atoms with E-state index in [0.29, 0.717) is 66.7 Å². The zero-order valence-electron chi connectivity index (χ0n) is 36.4. The van der Waals surface area contributed by atoms with Gasteiger partial charge in [0.2, 0.25) is 11.8 Å². The van der Waals surface area contributed by atoms with Gasteiger partial charge < -0.3 is 41.6 Å². The predicted octanol–water partition coefficient (Wildman–Crippen LogP) is 4.91. The summed E-state index contributed by atoms with van der Waals surface area (Å²) < 4.78 is 29.1. The number of primary amides is 1. The molecule has 1 unspecified atom stereocenters. The van der Waals surface area contributed by atoms with Crippen molar-refractivity contribution in [2.45, 2.75) is 90.0 Å². The number of nitrogens with zero attached hydrogens (tertiary/aromatic N) is 6. The first-order chi connectivity index (χ1) is 30.9. The summed E-state index contributed by atoms with van der Waals surface area (Å²) in [6, 6.07) is 12.2. The number of piperidine rings is 1. The number of aldehydes is 1. The number of fused-ring (bicyclic) bond motifs is 2. The van der Waals surface area contributed by atoms with Crippen molar-refractivity contribution < 1.29 is 28.0 Å². The third-order valence-electron chi connectivity index (χ3n) is 12.7. The number of carbonyl (C=O) groups is 4.